The Balaban J connectivity index is 1.50. The first kappa shape index (κ1) is 30.4. The molecule has 0 aliphatic heterocycles. The highest BCUT2D eigenvalue weighted by Crippen LogP contribution is 2.34. The van der Waals surface area contributed by atoms with Crippen LogP contribution in [0.5, 0.6) is 5.75 Å². The summed E-state index contributed by atoms with van der Waals surface area (Å²) in [6.07, 6.45) is 0.938. The smallest absolute Gasteiger partial charge is 0.481 e. The Morgan fingerprint density at radius 1 is 0.857 bits per heavy atom. The Hall–Kier alpha value is -4.54. The molecule has 3 amide bonds. The number of nitrogens with one attached hydrogen (secondary N) is 3. The van der Waals surface area contributed by atoms with Crippen LogP contribution in [0.1, 0.15) is 77.5 Å². The van der Waals surface area contributed by atoms with E-state index in [-0.39, 0.29) is 18.7 Å². The number of carbonyl (C=O) groups is 3. The average Bonchev–Trinajstić information content (AvgIpc) is 2.97. The Kier molecular flexibility index (Phi) is 10.1. The van der Waals surface area contributed by atoms with E-state index in [1.54, 1.807) is 24.3 Å². The van der Waals surface area contributed by atoms with Crippen LogP contribution >= 0.6 is 0 Å². The molecule has 42 heavy (non-hydrogen) atoms. The van der Waals surface area contributed by atoms with E-state index in [0.29, 0.717) is 17.0 Å². The van der Waals surface area contributed by atoms with E-state index in [2.05, 4.69) is 32.8 Å². The number of alkyl halides is 3. The summed E-state index contributed by atoms with van der Waals surface area (Å²) in [6.45, 7) is -0.00305. The SMILES string of the molecule is O=C(O)CCNC(=O)c1ccc(C(NC(=O)Nc2ccc(OC(F)(F)F)cc2)c2ccc(C3CCCCC3)cc2)cc1. The minimum absolute atomic E-state index is 0.00305. The maximum atomic E-state index is 13.0. The van der Waals surface area contributed by atoms with Gasteiger partial charge in [-0.1, -0.05) is 55.7 Å². The molecule has 1 aliphatic rings. The molecule has 0 heterocycles. The number of halogens is 3. The molecule has 8 nitrogen and oxygen atoms in total. The third kappa shape index (κ3) is 8.98. The number of carboxylic acids is 1. The number of urea groups is 1. The maximum Gasteiger partial charge on any atom is 0.573 e. The van der Waals surface area contributed by atoms with Crippen molar-refractivity contribution in [1.29, 1.82) is 0 Å². The molecule has 0 spiro atoms. The summed E-state index contributed by atoms with van der Waals surface area (Å²) in [5.41, 5.74) is 3.34. The average molecular weight is 584 g/mol. The van der Waals surface area contributed by atoms with Gasteiger partial charge >= 0.3 is 18.4 Å². The molecule has 4 rings (SSSR count). The maximum absolute atomic E-state index is 13.0. The Morgan fingerprint density at radius 3 is 2.02 bits per heavy atom. The molecule has 3 aromatic rings. The Morgan fingerprint density at radius 2 is 1.45 bits per heavy atom. The van der Waals surface area contributed by atoms with Gasteiger partial charge in [-0.15, -0.1) is 13.2 Å². The van der Waals surface area contributed by atoms with E-state index in [4.69, 9.17) is 5.11 Å². The van der Waals surface area contributed by atoms with Crippen molar-refractivity contribution in [1.82, 2.24) is 10.6 Å². The van der Waals surface area contributed by atoms with Gasteiger partial charge < -0.3 is 25.8 Å². The largest absolute Gasteiger partial charge is 0.573 e. The van der Waals surface area contributed by atoms with Gasteiger partial charge in [-0.2, -0.15) is 0 Å². The van der Waals surface area contributed by atoms with Crippen molar-refractivity contribution in [2.75, 3.05) is 11.9 Å². The van der Waals surface area contributed by atoms with Gasteiger partial charge in [-0.25, -0.2) is 4.79 Å². The van der Waals surface area contributed by atoms with Crippen LogP contribution in [0, 0.1) is 0 Å². The normalized spacial score (nSPS) is 14.5. The molecule has 4 N–H and O–H groups in total. The highest BCUT2D eigenvalue weighted by atomic mass is 19.4. The summed E-state index contributed by atoms with van der Waals surface area (Å²) < 4.78 is 41.2. The van der Waals surface area contributed by atoms with Gasteiger partial charge in [0.2, 0.25) is 0 Å². The fourth-order valence-electron chi connectivity index (χ4n) is 5.01. The number of benzene rings is 3. The molecule has 0 aromatic heterocycles. The lowest BCUT2D eigenvalue weighted by Gasteiger charge is -2.24. The molecular weight excluding hydrogens is 551 g/mol. The van der Waals surface area contributed by atoms with E-state index < -0.39 is 36.1 Å². The molecule has 1 fully saturated rings. The topological polar surface area (TPSA) is 117 Å². The van der Waals surface area contributed by atoms with Crippen molar-refractivity contribution < 1.29 is 37.4 Å². The predicted molar refractivity (Wildman–Crippen MR) is 150 cm³/mol. The summed E-state index contributed by atoms with van der Waals surface area (Å²) in [5.74, 6) is -1.33. The van der Waals surface area contributed by atoms with Gasteiger partial charge in [0.05, 0.1) is 12.5 Å². The van der Waals surface area contributed by atoms with E-state index in [9.17, 15) is 27.6 Å². The second-order valence-electron chi connectivity index (χ2n) is 10.1. The zero-order valence-electron chi connectivity index (χ0n) is 22.7. The summed E-state index contributed by atoms with van der Waals surface area (Å²) in [7, 11) is 0. The second kappa shape index (κ2) is 13.9. The lowest BCUT2D eigenvalue weighted by molar-refractivity contribution is -0.274. The number of carboxylic acid groups (broad SMARTS) is 1. The fraction of sp³-hybridized carbons (Fsp3) is 0.323. The van der Waals surface area contributed by atoms with Crippen LogP contribution in [0.15, 0.2) is 72.8 Å². The standard InChI is InChI=1S/C31H32F3N3O5/c32-31(33,34)42-26-16-14-25(15-17-26)36-30(41)37-28(22-8-6-21(7-9-22)20-4-2-1-3-5-20)23-10-12-24(13-11-23)29(40)35-19-18-27(38)39/h6-17,20,28H,1-5,18-19H2,(H,35,40)(H,38,39)(H2,36,37,41). The zero-order chi connectivity index (χ0) is 30.1. The molecule has 0 bridgehead atoms. The van der Waals surface area contributed by atoms with Crippen LogP contribution in [-0.4, -0.2) is 35.9 Å². The minimum atomic E-state index is -4.82. The van der Waals surface area contributed by atoms with Gasteiger partial charge in [0.1, 0.15) is 5.75 Å². The summed E-state index contributed by atoms with van der Waals surface area (Å²) >= 11 is 0. The molecule has 0 saturated heterocycles. The zero-order valence-corrected chi connectivity index (χ0v) is 22.7. The van der Waals surface area contributed by atoms with Crippen molar-refractivity contribution in [3.8, 4) is 5.75 Å². The first-order chi connectivity index (χ1) is 20.1. The first-order valence-corrected chi connectivity index (χ1v) is 13.7. The van der Waals surface area contributed by atoms with Crippen LogP contribution in [0.2, 0.25) is 0 Å². The minimum Gasteiger partial charge on any atom is -0.481 e. The third-order valence-corrected chi connectivity index (χ3v) is 7.10. The van der Waals surface area contributed by atoms with Crippen molar-refractivity contribution in [3.63, 3.8) is 0 Å². The van der Waals surface area contributed by atoms with E-state index in [1.165, 1.54) is 37.0 Å². The number of aliphatic carboxylic acids is 1. The number of rotatable bonds is 10. The highest BCUT2D eigenvalue weighted by molar-refractivity contribution is 5.94. The molecule has 3 aromatic carbocycles. The number of anilines is 1. The number of amides is 3. The molecule has 1 saturated carbocycles. The third-order valence-electron chi connectivity index (χ3n) is 7.10. The molecule has 1 atom stereocenters. The number of ether oxygens (including phenoxy) is 1. The van der Waals surface area contributed by atoms with Crippen molar-refractivity contribution >= 4 is 23.6 Å². The quantitative estimate of drug-likeness (QED) is 0.211. The van der Waals surface area contributed by atoms with Crippen LogP contribution in [-0.2, 0) is 4.79 Å². The number of hydrogen-bond acceptors (Lipinski definition) is 4. The van der Waals surface area contributed by atoms with Gasteiger partial charge in [0, 0.05) is 17.8 Å². The summed E-state index contributed by atoms with van der Waals surface area (Å²) in [5, 5.41) is 16.9. The van der Waals surface area contributed by atoms with Crippen molar-refractivity contribution in [2.45, 2.75) is 56.8 Å². The number of hydrogen-bond donors (Lipinski definition) is 4. The van der Waals surface area contributed by atoms with Crippen molar-refractivity contribution in [2.24, 2.45) is 0 Å². The lowest BCUT2D eigenvalue weighted by atomic mass is 9.83. The monoisotopic (exact) mass is 583 g/mol. The van der Waals surface area contributed by atoms with Gasteiger partial charge in [0.15, 0.2) is 0 Å². The fourth-order valence-corrected chi connectivity index (χ4v) is 5.01. The highest BCUT2D eigenvalue weighted by Gasteiger charge is 2.31. The number of carbonyl (C=O) groups excluding carboxylic acids is 2. The molecule has 11 heteroatoms. The molecule has 1 aliphatic carbocycles. The second-order valence-corrected chi connectivity index (χ2v) is 10.1. The Bertz CT molecular complexity index is 1350. The van der Waals surface area contributed by atoms with E-state index in [0.717, 1.165) is 30.5 Å². The summed E-state index contributed by atoms with van der Waals surface area (Å²) in [4.78, 5) is 36.1. The Labute approximate surface area is 241 Å². The van der Waals surface area contributed by atoms with Gasteiger partial charge in [-0.3, -0.25) is 9.59 Å². The molecule has 222 valence electrons. The van der Waals surface area contributed by atoms with Crippen LogP contribution in [0.4, 0.5) is 23.7 Å². The van der Waals surface area contributed by atoms with Crippen molar-refractivity contribution in [3.05, 3.63) is 95.1 Å². The molecule has 1 unspecified atom stereocenters. The molecule has 0 radical (unpaired) electrons. The van der Waals surface area contributed by atoms with Gasteiger partial charge in [0.25, 0.3) is 5.91 Å². The van der Waals surface area contributed by atoms with E-state index in [1.807, 2.05) is 12.1 Å². The van der Waals surface area contributed by atoms with Crippen LogP contribution < -0.4 is 20.7 Å². The lowest BCUT2D eigenvalue weighted by Crippen LogP contribution is -2.33. The van der Waals surface area contributed by atoms with Gasteiger partial charge in [-0.05, 0) is 71.8 Å². The summed E-state index contributed by atoms with van der Waals surface area (Å²) in [6, 6.07) is 18.3. The first-order valence-electron chi connectivity index (χ1n) is 13.7. The predicted octanol–water partition coefficient (Wildman–Crippen LogP) is 6.75. The van der Waals surface area contributed by atoms with Crippen LogP contribution in [0.25, 0.3) is 0 Å². The molecular formula is C31H32F3N3O5. The van der Waals surface area contributed by atoms with Crippen LogP contribution in [0.3, 0.4) is 0 Å². The van der Waals surface area contributed by atoms with E-state index >= 15 is 0 Å².